The molecule has 3 rings (SSSR count). The van der Waals surface area contributed by atoms with E-state index in [0.29, 0.717) is 37.2 Å². The number of nitrogens with zero attached hydrogens (tertiary/aromatic N) is 1. The molecule has 2 amide bonds. The van der Waals surface area contributed by atoms with Crippen molar-refractivity contribution >= 4 is 27.5 Å². The third-order valence-corrected chi connectivity index (χ3v) is 7.92. The molecule has 0 bridgehead atoms. The molecule has 0 aromatic heterocycles. The predicted octanol–water partition coefficient (Wildman–Crippen LogP) is 3.70. The summed E-state index contributed by atoms with van der Waals surface area (Å²) >= 11 is 0. The Morgan fingerprint density at radius 1 is 1.09 bits per heavy atom. The molecule has 0 unspecified atom stereocenters. The van der Waals surface area contributed by atoms with Crippen molar-refractivity contribution in [3.05, 3.63) is 65.2 Å². The van der Waals surface area contributed by atoms with Crippen LogP contribution in [0.4, 0.5) is 5.69 Å². The Morgan fingerprint density at radius 3 is 2.45 bits per heavy atom. The van der Waals surface area contributed by atoms with Crippen molar-refractivity contribution < 1.29 is 18.0 Å². The lowest BCUT2D eigenvalue weighted by Crippen LogP contribution is -2.42. The van der Waals surface area contributed by atoms with Gasteiger partial charge in [0, 0.05) is 25.0 Å². The maximum Gasteiger partial charge on any atom is 0.253 e. The zero-order valence-corrected chi connectivity index (χ0v) is 20.3. The fraction of sp³-hybridized carbons (Fsp3) is 0.440. The van der Waals surface area contributed by atoms with Crippen LogP contribution in [-0.4, -0.2) is 43.7 Å². The highest BCUT2D eigenvalue weighted by molar-refractivity contribution is 7.88. The van der Waals surface area contributed by atoms with Gasteiger partial charge in [0.15, 0.2) is 0 Å². The van der Waals surface area contributed by atoms with Gasteiger partial charge in [-0.25, -0.2) is 12.7 Å². The molecule has 1 heterocycles. The smallest absolute Gasteiger partial charge is 0.253 e. The number of carbonyl (C=O) groups excluding carboxylic acids is 2. The fourth-order valence-electron chi connectivity index (χ4n) is 3.93. The number of hydrogen-bond acceptors (Lipinski definition) is 4. The molecule has 0 aliphatic carbocycles. The number of carbonyl (C=O) groups is 2. The van der Waals surface area contributed by atoms with Gasteiger partial charge >= 0.3 is 0 Å². The number of benzene rings is 2. The zero-order chi connectivity index (χ0) is 24.0. The van der Waals surface area contributed by atoms with E-state index < -0.39 is 10.0 Å². The van der Waals surface area contributed by atoms with Crippen LogP contribution in [0.25, 0.3) is 0 Å². The van der Waals surface area contributed by atoms with Gasteiger partial charge in [-0.05, 0) is 50.8 Å². The number of amides is 2. The van der Waals surface area contributed by atoms with E-state index in [1.807, 2.05) is 45.0 Å². The number of anilines is 1. The van der Waals surface area contributed by atoms with Crippen molar-refractivity contribution in [1.82, 2.24) is 9.62 Å². The second-order valence-electron chi connectivity index (χ2n) is 8.74. The highest BCUT2D eigenvalue weighted by atomic mass is 32.2. The topological polar surface area (TPSA) is 95.6 Å². The second kappa shape index (κ2) is 10.9. The summed E-state index contributed by atoms with van der Waals surface area (Å²) in [5.41, 5.74) is 2.68. The number of hydrogen-bond donors (Lipinski definition) is 2. The Labute approximate surface area is 196 Å². The summed E-state index contributed by atoms with van der Waals surface area (Å²) in [6.45, 7) is 6.48. The highest BCUT2D eigenvalue weighted by Crippen LogP contribution is 2.24. The Kier molecular flexibility index (Phi) is 8.26. The maximum atomic E-state index is 12.9. The third-order valence-electron chi connectivity index (χ3n) is 6.07. The number of piperidine rings is 1. The summed E-state index contributed by atoms with van der Waals surface area (Å²) in [6, 6.07) is 14.5. The summed E-state index contributed by atoms with van der Waals surface area (Å²) in [4.78, 5) is 25.5. The van der Waals surface area contributed by atoms with Crippen LogP contribution in [0.3, 0.4) is 0 Å². The van der Waals surface area contributed by atoms with E-state index in [4.69, 9.17) is 0 Å². The van der Waals surface area contributed by atoms with Gasteiger partial charge in [0.25, 0.3) is 5.91 Å². The molecule has 0 spiro atoms. The first-order chi connectivity index (χ1) is 15.7. The van der Waals surface area contributed by atoms with Gasteiger partial charge in [-0.2, -0.15) is 0 Å². The van der Waals surface area contributed by atoms with E-state index in [1.54, 1.807) is 24.3 Å². The molecular weight excluding hydrogens is 438 g/mol. The molecule has 0 saturated carbocycles. The quantitative estimate of drug-likeness (QED) is 0.614. The van der Waals surface area contributed by atoms with Crippen molar-refractivity contribution in [3.8, 4) is 0 Å². The van der Waals surface area contributed by atoms with Gasteiger partial charge in [-0.3, -0.25) is 9.59 Å². The molecule has 1 aliphatic rings. The Morgan fingerprint density at radius 2 is 1.79 bits per heavy atom. The number of sulfonamides is 1. The molecule has 7 nitrogen and oxygen atoms in total. The van der Waals surface area contributed by atoms with Crippen molar-refractivity contribution in [2.24, 2.45) is 5.92 Å². The molecule has 33 heavy (non-hydrogen) atoms. The molecule has 1 atom stereocenters. The van der Waals surface area contributed by atoms with Crippen molar-refractivity contribution in [2.75, 3.05) is 18.4 Å². The van der Waals surface area contributed by atoms with Crippen LogP contribution in [-0.2, 0) is 20.6 Å². The standard InChI is InChI=1S/C25H33N3O4S/c1-4-19(3)26-25(30)22-10-5-6-11-23(22)27-24(29)21-12-14-28(15-13-21)33(31,32)17-20-9-7-8-18(2)16-20/h5-11,16,19,21H,4,12-15,17H2,1-3H3,(H,26,30)(H,27,29)/t19-/m1/s1. The summed E-state index contributed by atoms with van der Waals surface area (Å²) in [7, 11) is -3.44. The number of nitrogens with one attached hydrogen (secondary N) is 2. The first-order valence-electron chi connectivity index (χ1n) is 11.4. The van der Waals surface area contributed by atoms with Crippen LogP contribution in [0.5, 0.6) is 0 Å². The monoisotopic (exact) mass is 471 g/mol. The minimum atomic E-state index is -3.44. The van der Waals surface area contributed by atoms with Gasteiger partial charge < -0.3 is 10.6 Å². The normalized spacial score (nSPS) is 16.2. The SMILES string of the molecule is CC[C@@H](C)NC(=O)c1ccccc1NC(=O)C1CCN(S(=O)(=O)Cc2cccc(C)c2)CC1. The predicted molar refractivity (Wildman–Crippen MR) is 130 cm³/mol. The van der Waals surface area contributed by atoms with E-state index in [9.17, 15) is 18.0 Å². The van der Waals surface area contributed by atoms with Crippen LogP contribution in [0.1, 0.15) is 54.6 Å². The first-order valence-corrected chi connectivity index (χ1v) is 13.0. The maximum absolute atomic E-state index is 12.9. The number of rotatable bonds is 8. The lowest BCUT2D eigenvalue weighted by Gasteiger charge is -2.30. The molecule has 2 aromatic carbocycles. The lowest BCUT2D eigenvalue weighted by atomic mass is 9.97. The number of para-hydroxylation sites is 1. The molecule has 1 aliphatic heterocycles. The molecule has 2 aromatic rings. The zero-order valence-electron chi connectivity index (χ0n) is 19.5. The van der Waals surface area contributed by atoms with Crippen molar-refractivity contribution in [1.29, 1.82) is 0 Å². The van der Waals surface area contributed by atoms with Gasteiger partial charge in [0.1, 0.15) is 0 Å². The minimum absolute atomic E-state index is 0.0346. The first kappa shape index (κ1) is 24.9. The largest absolute Gasteiger partial charge is 0.350 e. The van der Waals surface area contributed by atoms with E-state index in [1.165, 1.54) is 4.31 Å². The van der Waals surface area contributed by atoms with Gasteiger partial charge in [0.05, 0.1) is 17.0 Å². The summed E-state index contributed by atoms with van der Waals surface area (Å²) in [6.07, 6.45) is 1.70. The van der Waals surface area contributed by atoms with Crippen LogP contribution < -0.4 is 10.6 Å². The van der Waals surface area contributed by atoms with Crippen LogP contribution in [0.2, 0.25) is 0 Å². The average Bonchev–Trinajstić information content (AvgIpc) is 2.79. The summed E-state index contributed by atoms with van der Waals surface area (Å²) in [5, 5.41) is 5.81. The summed E-state index contributed by atoms with van der Waals surface area (Å²) < 4.78 is 27.2. The van der Waals surface area contributed by atoms with Crippen molar-refractivity contribution in [3.63, 3.8) is 0 Å². The third kappa shape index (κ3) is 6.65. The molecule has 8 heteroatoms. The Hall–Kier alpha value is -2.71. The fourth-order valence-corrected chi connectivity index (χ4v) is 5.48. The van der Waals surface area contributed by atoms with E-state index in [2.05, 4.69) is 10.6 Å². The van der Waals surface area contributed by atoms with Crippen LogP contribution in [0, 0.1) is 12.8 Å². The molecule has 1 fully saturated rings. The molecule has 1 saturated heterocycles. The van der Waals surface area contributed by atoms with Gasteiger partial charge in [-0.15, -0.1) is 0 Å². The van der Waals surface area contributed by atoms with E-state index in [0.717, 1.165) is 17.5 Å². The van der Waals surface area contributed by atoms with Crippen molar-refractivity contribution in [2.45, 2.75) is 51.8 Å². The van der Waals surface area contributed by atoms with Gasteiger partial charge in [-0.1, -0.05) is 48.9 Å². The number of aryl methyl sites for hydroxylation is 1. The lowest BCUT2D eigenvalue weighted by molar-refractivity contribution is -0.120. The minimum Gasteiger partial charge on any atom is -0.350 e. The molecule has 2 N–H and O–H groups in total. The van der Waals surface area contributed by atoms with Crippen LogP contribution >= 0.6 is 0 Å². The molecule has 178 valence electrons. The second-order valence-corrected chi connectivity index (χ2v) is 10.7. The Balaban J connectivity index is 1.59. The van der Waals surface area contributed by atoms with Gasteiger partial charge in [0.2, 0.25) is 15.9 Å². The van der Waals surface area contributed by atoms with E-state index in [-0.39, 0.29) is 29.5 Å². The molecular formula is C25H33N3O4S. The van der Waals surface area contributed by atoms with E-state index >= 15 is 0 Å². The molecule has 0 radical (unpaired) electrons. The average molecular weight is 472 g/mol. The highest BCUT2D eigenvalue weighted by Gasteiger charge is 2.31. The van der Waals surface area contributed by atoms with Crippen LogP contribution in [0.15, 0.2) is 48.5 Å². The Bertz CT molecular complexity index is 1090. The summed E-state index contributed by atoms with van der Waals surface area (Å²) in [5.74, 6) is -0.752.